The molecule has 3 rings (SSSR count). The highest BCUT2D eigenvalue weighted by Gasteiger charge is 2.24. The van der Waals surface area contributed by atoms with Crippen LogP contribution in [0.25, 0.3) is 11.0 Å². The fourth-order valence-corrected chi connectivity index (χ4v) is 2.78. The number of methoxy groups -OCH3 is 1. The zero-order valence-corrected chi connectivity index (χ0v) is 15.8. The van der Waals surface area contributed by atoms with Crippen molar-refractivity contribution >= 4 is 28.5 Å². The quantitative estimate of drug-likeness (QED) is 0.594. The first-order valence-corrected chi connectivity index (χ1v) is 8.59. The molecule has 2 aromatic heterocycles. The lowest BCUT2D eigenvalue weighted by Crippen LogP contribution is -2.22. The zero-order valence-electron chi connectivity index (χ0n) is 15.8. The Morgan fingerprint density at radius 1 is 1.24 bits per heavy atom. The Kier molecular flexibility index (Phi) is 5.95. The molecule has 0 aliphatic heterocycles. The van der Waals surface area contributed by atoms with Crippen molar-refractivity contribution < 1.29 is 31.9 Å². The van der Waals surface area contributed by atoms with E-state index in [2.05, 4.69) is 5.32 Å². The van der Waals surface area contributed by atoms with Gasteiger partial charge in [-0.25, -0.2) is 8.78 Å². The summed E-state index contributed by atoms with van der Waals surface area (Å²) in [4.78, 5) is 26.1. The van der Waals surface area contributed by atoms with E-state index in [4.69, 9.17) is 19.3 Å². The van der Waals surface area contributed by atoms with Gasteiger partial charge in [-0.2, -0.15) is 0 Å². The molecule has 2 heterocycles. The summed E-state index contributed by atoms with van der Waals surface area (Å²) in [5.41, 5.74) is 4.62. The Morgan fingerprint density at radius 3 is 2.69 bits per heavy atom. The van der Waals surface area contributed by atoms with E-state index in [0.717, 1.165) is 6.07 Å². The number of benzene rings is 1. The highest BCUT2D eigenvalue weighted by Crippen LogP contribution is 2.33. The SMILES string of the molecule is COCCN(C)Cc1ccc(C(=O)Nc2c(C(N)=O)oc3c(F)cc(F)cc23)o1. The number of amides is 2. The second-order valence-electron chi connectivity index (χ2n) is 6.39. The number of nitrogens with zero attached hydrogens (tertiary/aromatic N) is 1. The largest absolute Gasteiger partial charge is 0.455 e. The summed E-state index contributed by atoms with van der Waals surface area (Å²) in [6.45, 7) is 1.65. The van der Waals surface area contributed by atoms with Gasteiger partial charge >= 0.3 is 0 Å². The van der Waals surface area contributed by atoms with Crippen LogP contribution in [0.2, 0.25) is 0 Å². The minimum atomic E-state index is -1.05. The van der Waals surface area contributed by atoms with Crippen LogP contribution in [-0.4, -0.2) is 44.0 Å². The molecule has 3 N–H and O–H groups in total. The van der Waals surface area contributed by atoms with Crippen molar-refractivity contribution in [3.8, 4) is 0 Å². The number of hydrogen-bond acceptors (Lipinski definition) is 6. The number of nitrogens with two attached hydrogens (primary N) is 1. The molecule has 154 valence electrons. The van der Waals surface area contributed by atoms with Gasteiger partial charge < -0.3 is 24.6 Å². The number of carbonyl (C=O) groups excluding carboxylic acids is 2. The third-order valence-electron chi connectivity index (χ3n) is 4.16. The fraction of sp³-hybridized carbons (Fsp3) is 0.263. The molecule has 0 saturated carbocycles. The first kappa shape index (κ1) is 20.5. The van der Waals surface area contributed by atoms with Crippen molar-refractivity contribution in [2.45, 2.75) is 6.54 Å². The number of halogens is 2. The van der Waals surface area contributed by atoms with Crippen LogP contribution >= 0.6 is 0 Å². The Balaban J connectivity index is 1.85. The first-order valence-electron chi connectivity index (χ1n) is 8.59. The highest BCUT2D eigenvalue weighted by molar-refractivity contribution is 6.13. The number of anilines is 1. The van der Waals surface area contributed by atoms with Gasteiger partial charge in [-0.1, -0.05) is 0 Å². The van der Waals surface area contributed by atoms with Crippen LogP contribution in [0.1, 0.15) is 26.9 Å². The van der Waals surface area contributed by atoms with Gasteiger partial charge in [0.15, 0.2) is 17.2 Å². The summed E-state index contributed by atoms with van der Waals surface area (Å²) in [5, 5.41) is 2.26. The molecule has 0 atom stereocenters. The van der Waals surface area contributed by atoms with Crippen LogP contribution in [0, 0.1) is 11.6 Å². The second kappa shape index (κ2) is 8.41. The third kappa shape index (κ3) is 4.44. The van der Waals surface area contributed by atoms with E-state index in [9.17, 15) is 18.4 Å². The molecule has 29 heavy (non-hydrogen) atoms. The number of nitrogens with one attached hydrogen (secondary N) is 1. The van der Waals surface area contributed by atoms with Crippen LogP contribution < -0.4 is 11.1 Å². The minimum Gasteiger partial charge on any atom is -0.455 e. The summed E-state index contributed by atoms with van der Waals surface area (Å²) >= 11 is 0. The standard InChI is InChI=1S/C19H19F2N3O5/c1-24(5-6-27-2)9-11-3-4-14(28-11)19(26)23-15-12-7-10(20)8-13(21)16(12)29-17(15)18(22)25/h3-4,7-8H,5-6,9H2,1-2H3,(H2,22,25)(H,23,26). The fourth-order valence-electron chi connectivity index (χ4n) is 2.78. The van der Waals surface area contributed by atoms with E-state index >= 15 is 0 Å². The van der Waals surface area contributed by atoms with Gasteiger partial charge in [-0.15, -0.1) is 0 Å². The third-order valence-corrected chi connectivity index (χ3v) is 4.16. The van der Waals surface area contributed by atoms with Crippen LogP contribution in [0.5, 0.6) is 0 Å². The summed E-state index contributed by atoms with van der Waals surface area (Å²) < 4.78 is 43.2. The maximum Gasteiger partial charge on any atom is 0.291 e. The maximum absolute atomic E-state index is 13.9. The lowest BCUT2D eigenvalue weighted by Gasteiger charge is -2.13. The van der Waals surface area contributed by atoms with Crippen LogP contribution in [0.4, 0.5) is 14.5 Å². The topological polar surface area (TPSA) is 111 Å². The summed E-state index contributed by atoms with van der Waals surface area (Å²) in [6.07, 6.45) is 0. The maximum atomic E-state index is 13.9. The molecule has 0 bridgehead atoms. The molecular formula is C19H19F2N3O5. The van der Waals surface area contributed by atoms with Crippen molar-refractivity contribution in [3.05, 3.63) is 53.2 Å². The van der Waals surface area contributed by atoms with Crippen molar-refractivity contribution in [2.75, 3.05) is 32.6 Å². The molecule has 8 nitrogen and oxygen atoms in total. The monoisotopic (exact) mass is 407 g/mol. The number of fused-ring (bicyclic) bond motifs is 1. The number of primary amides is 1. The number of rotatable bonds is 8. The van der Waals surface area contributed by atoms with Gasteiger partial charge in [-0.3, -0.25) is 14.5 Å². The van der Waals surface area contributed by atoms with E-state index in [1.165, 1.54) is 6.07 Å². The predicted molar refractivity (Wildman–Crippen MR) is 99.5 cm³/mol. The van der Waals surface area contributed by atoms with Crippen LogP contribution in [-0.2, 0) is 11.3 Å². The Bertz CT molecular complexity index is 1060. The van der Waals surface area contributed by atoms with Crippen molar-refractivity contribution in [3.63, 3.8) is 0 Å². The lowest BCUT2D eigenvalue weighted by atomic mass is 10.2. The van der Waals surface area contributed by atoms with Crippen molar-refractivity contribution in [2.24, 2.45) is 5.73 Å². The zero-order chi connectivity index (χ0) is 21.1. The number of furan rings is 2. The van der Waals surface area contributed by atoms with E-state index in [1.807, 2.05) is 11.9 Å². The summed E-state index contributed by atoms with van der Waals surface area (Å²) in [5.74, 6) is -3.73. The molecule has 1 aromatic carbocycles. The molecular weight excluding hydrogens is 388 g/mol. The average molecular weight is 407 g/mol. The molecule has 0 aliphatic rings. The number of hydrogen-bond donors (Lipinski definition) is 2. The molecule has 2 amide bonds. The van der Waals surface area contributed by atoms with E-state index in [-0.39, 0.29) is 16.8 Å². The molecule has 3 aromatic rings. The normalized spacial score (nSPS) is 11.3. The van der Waals surface area contributed by atoms with Crippen molar-refractivity contribution in [1.82, 2.24) is 4.90 Å². The van der Waals surface area contributed by atoms with Gasteiger partial charge in [0.05, 0.1) is 18.5 Å². The lowest BCUT2D eigenvalue weighted by molar-refractivity contribution is 0.0976. The highest BCUT2D eigenvalue weighted by atomic mass is 19.1. The first-order chi connectivity index (χ1) is 13.8. The van der Waals surface area contributed by atoms with Gasteiger partial charge in [0, 0.05) is 19.7 Å². The number of likely N-dealkylation sites (N-methyl/N-ethyl adjacent to an activating group) is 1. The number of ether oxygens (including phenoxy) is 1. The molecule has 0 spiro atoms. The molecule has 0 aliphatic carbocycles. The van der Waals surface area contributed by atoms with Gasteiger partial charge in [-0.05, 0) is 25.2 Å². The van der Waals surface area contributed by atoms with Crippen LogP contribution in [0.15, 0.2) is 33.1 Å². The predicted octanol–water partition coefficient (Wildman–Crippen LogP) is 2.73. The Labute approximate surface area is 164 Å². The molecule has 10 heteroatoms. The van der Waals surface area contributed by atoms with Gasteiger partial charge in [0.2, 0.25) is 5.76 Å². The molecule has 0 unspecified atom stereocenters. The summed E-state index contributed by atoms with van der Waals surface area (Å²) in [6, 6.07) is 4.60. The number of carbonyl (C=O) groups is 2. The Morgan fingerprint density at radius 2 is 2.00 bits per heavy atom. The molecule has 0 radical (unpaired) electrons. The second-order valence-corrected chi connectivity index (χ2v) is 6.39. The van der Waals surface area contributed by atoms with Crippen molar-refractivity contribution in [1.29, 1.82) is 0 Å². The van der Waals surface area contributed by atoms with E-state index < -0.39 is 34.8 Å². The smallest absolute Gasteiger partial charge is 0.291 e. The van der Waals surface area contributed by atoms with Crippen LogP contribution in [0.3, 0.4) is 0 Å². The average Bonchev–Trinajstić information content (AvgIpc) is 3.25. The Hall–Kier alpha value is -3.24. The van der Waals surface area contributed by atoms with E-state index in [1.54, 1.807) is 13.2 Å². The molecule has 0 fully saturated rings. The van der Waals surface area contributed by atoms with E-state index in [0.29, 0.717) is 31.5 Å². The van der Waals surface area contributed by atoms with Gasteiger partial charge in [0.1, 0.15) is 17.3 Å². The van der Waals surface area contributed by atoms with Gasteiger partial charge in [0.25, 0.3) is 11.8 Å². The molecule has 0 saturated heterocycles. The summed E-state index contributed by atoms with van der Waals surface area (Å²) in [7, 11) is 3.46. The minimum absolute atomic E-state index is 0.0539.